The van der Waals surface area contributed by atoms with Crippen molar-refractivity contribution < 1.29 is 14.3 Å². The van der Waals surface area contributed by atoms with Gasteiger partial charge in [0.1, 0.15) is 11.3 Å². The van der Waals surface area contributed by atoms with Crippen LogP contribution in [-0.4, -0.2) is 68.4 Å². The summed E-state index contributed by atoms with van der Waals surface area (Å²) in [6.07, 6.45) is 8.38. The van der Waals surface area contributed by atoms with Crippen molar-refractivity contribution in [3.63, 3.8) is 0 Å². The maximum Gasteiger partial charge on any atom is 0.340 e. The maximum atomic E-state index is 12.4. The number of fused-ring (bicyclic) bond motifs is 2. The van der Waals surface area contributed by atoms with Crippen molar-refractivity contribution >= 4 is 39.9 Å². The fraction of sp³-hybridized carbons (Fsp3) is 0.433. The molecule has 1 fully saturated rings. The Balaban J connectivity index is 1.41. The van der Waals surface area contributed by atoms with Crippen molar-refractivity contribution in [1.82, 2.24) is 29.5 Å². The van der Waals surface area contributed by atoms with E-state index in [0.29, 0.717) is 67.1 Å². The molecule has 0 aliphatic carbocycles. The largest absolute Gasteiger partial charge is 0.462 e. The third-order valence-corrected chi connectivity index (χ3v) is 6.95. The van der Waals surface area contributed by atoms with Crippen LogP contribution in [0.1, 0.15) is 56.7 Å². The lowest BCUT2D eigenvalue weighted by molar-refractivity contribution is 0.0528. The molecule has 1 aliphatic heterocycles. The van der Waals surface area contributed by atoms with E-state index in [1.807, 2.05) is 18.5 Å². The molecule has 11 heteroatoms. The fourth-order valence-corrected chi connectivity index (χ4v) is 4.75. The highest BCUT2D eigenvalue weighted by Gasteiger charge is 2.20. The van der Waals surface area contributed by atoms with Crippen LogP contribution in [0.3, 0.4) is 0 Å². The second kappa shape index (κ2) is 12.9. The van der Waals surface area contributed by atoms with Crippen LogP contribution in [0.4, 0.5) is 11.8 Å². The van der Waals surface area contributed by atoms with Gasteiger partial charge in [-0.3, -0.25) is 0 Å². The standard InChI is InChI=1S/C30H38N8O3/c1-5-41-29(39)22-10-7-11-23-25(22)34-24(33-23)18-31-27-26-28(36-30(35-27)37-14-16-40-17-15-37)38(19-32-26)13-12-21(4)9-6-8-20(2)3/h7-8,10-12,19H,5-6,9,13-18H2,1-4H3,(H,33,34)(H,31,35,36)/b21-12+. The van der Waals surface area contributed by atoms with Crippen LogP contribution in [0.25, 0.3) is 22.2 Å². The molecule has 0 saturated carbocycles. The highest BCUT2D eigenvalue weighted by Crippen LogP contribution is 2.25. The number of hydrogen-bond acceptors (Lipinski definition) is 9. The van der Waals surface area contributed by atoms with Gasteiger partial charge in [0.2, 0.25) is 5.95 Å². The number of carbonyl (C=O) groups is 1. The molecule has 5 rings (SSSR count). The summed E-state index contributed by atoms with van der Waals surface area (Å²) in [5.74, 6) is 1.56. The normalized spacial score (nSPS) is 14.0. The average Bonchev–Trinajstić information content (AvgIpc) is 3.59. The molecule has 0 radical (unpaired) electrons. The molecular formula is C30H38N8O3. The van der Waals surface area contributed by atoms with Gasteiger partial charge in [-0.15, -0.1) is 0 Å². The third-order valence-electron chi connectivity index (χ3n) is 6.95. The van der Waals surface area contributed by atoms with E-state index in [4.69, 9.17) is 19.4 Å². The van der Waals surface area contributed by atoms with Gasteiger partial charge in [-0.1, -0.05) is 29.4 Å². The van der Waals surface area contributed by atoms with Gasteiger partial charge in [0.05, 0.1) is 43.8 Å². The van der Waals surface area contributed by atoms with Crippen molar-refractivity contribution in [3.8, 4) is 0 Å². The maximum absolute atomic E-state index is 12.4. The summed E-state index contributed by atoms with van der Waals surface area (Å²) in [5, 5.41) is 3.42. The smallest absolute Gasteiger partial charge is 0.340 e. The summed E-state index contributed by atoms with van der Waals surface area (Å²) < 4.78 is 12.8. The Morgan fingerprint density at radius 2 is 1.95 bits per heavy atom. The van der Waals surface area contributed by atoms with E-state index in [-0.39, 0.29) is 5.97 Å². The summed E-state index contributed by atoms with van der Waals surface area (Å²) in [5.41, 5.74) is 5.93. The average molecular weight is 559 g/mol. The number of anilines is 2. The minimum Gasteiger partial charge on any atom is -0.462 e. The Morgan fingerprint density at radius 1 is 1.12 bits per heavy atom. The first kappa shape index (κ1) is 28.3. The summed E-state index contributed by atoms with van der Waals surface area (Å²) in [4.78, 5) is 37.0. The van der Waals surface area contributed by atoms with E-state index in [0.717, 1.165) is 37.1 Å². The monoisotopic (exact) mass is 558 g/mol. The molecule has 1 saturated heterocycles. The van der Waals surface area contributed by atoms with Crippen LogP contribution in [0, 0.1) is 0 Å². The van der Waals surface area contributed by atoms with Crippen LogP contribution < -0.4 is 10.2 Å². The summed E-state index contributed by atoms with van der Waals surface area (Å²) in [7, 11) is 0. The molecular weight excluding hydrogens is 520 g/mol. The number of aromatic amines is 1. The van der Waals surface area contributed by atoms with Crippen LogP contribution in [0.2, 0.25) is 0 Å². The van der Waals surface area contributed by atoms with E-state index in [1.165, 1.54) is 11.1 Å². The number of esters is 1. The van der Waals surface area contributed by atoms with E-state index < -0.39 is 0 Å². The number of nitrogens with one attached hydrogen (secondary N) is 2. The molecule has 1 aliphatic rings. The first-order valence-electron chi connectivity index (χ1n) is 14.2. The number of allylic oxidation sites excluding steroid dienone is 4. The molecule has 11 nitrogen and oxygen atoms in total. The summed E-state index contributed by atoms with van der Waals surface area (Å²) in [6.45, 7) is 12.3. The van der Waals surface area contributed by atoms with Crippen LogP contribution in [0.5, 0.6) is 0 Å². The zero-order valence-corrected chi connectivity index (χ0v) is 24.2. The topological polar surface area (TPSA) is 123 Å². The minimum absolute atomic E-state index is 0.307. The molecule has 0 spiro atoms. The van der Waals surface area contributed by atoms with E-state index in [1.54, 1.807) is 13.0 Å². The Bertz CT molecular complexity index is 1580. The Morgan fingerprint density at radius 3 is 2.73 bits per heavy atom. The number of nitrogens with zero attached hydrogens (tertiary/aromatic N) is 6. The van der Waals surface area contributed by atoms with Crippen LogP contribution >= 0.6 is 0 Å². The fourth-order valence-electron chi connectivity index (χ4n) is 4.75. The SMILES string of the molecule is CCOC(=O)c1cccc2[nH]c(CNc3nc(N4CCOCC4)nc4c3ncn4C/C=C(\C)CCC=C(C)C)nc12. The lowest BCUT2D eigenvalue weighted by Gasteiger charge is -2.27. The quantitative estimate of drug-likeness (QED) is 0.193. The molecule has 1 aromatic carbocycles. The lowest BCUT2D eigenvalue weighted by atomic mass is 10.1. The molecule has 2 N–H and O–H groups in total. The number of para-hydroxylation sites is 1. The molecule has 0 amide bonds. The zero-order chi connectivity index (χ0) is 28.8. The van der Waals surface area contributed by atoms with Crippen molar-refractivity contribution in [2.45, 2.75) is 53.6 Å². The number of carbonyl (C=O) groups excluding carboxylic acids is 1. The molecule has 0 bridgehead atoms. The summed E-state index contributed by atoms with van der Waals surface area (Å²) >= 11 is 0. The second-order valence-corrected chi connectivity index (χ2v) is 10.4. The Kier molecular flexibility index (Phi) is 8.93. The van der Waals surface area contributed by atoms with E-state index in [9.17, 15) is 4.79 Å². The highest BCUT2D eigenvalue weighted by molar-refractivity contribution is 6.02. The highest BCUT2D eigenvalue weighted by atomic mass is 16.5. The van der Waals surface area contributed by atoms with Crippen molar-refractivity contribution in [3.05, 3.63) is 59.2 Å². The first-order chi connectivity index (χ1) is 19.9. The van der Waals surface area contributed by atoms with Crippen LogP contribution in [0.15, 0.2) is 47.8 Å². The Hall–Kier alpha value is -4.25. The lowest BCUT2D eigenvalue weighted by Crippen LogP contribution is -2.37. The van der Waals surface area contributed by atoms with Gasteiger partial charge in [-0.2, -0.15) is 9.97 Å². The molecule has 41 heavy (non-hydrogen) atoms. The molecule has 4 heterocycles. The predicted octanol–water partition coefficient (Wildman–Crippen LogP) is 5.02. The first-order valence-corrected chi connectivity index (χ1v) is 14.2. The van der Waals surface area contributed by atoms with Gasteiger partial charge in [0.15, 0.2) is 17.0 Å². The number of H-pyrrole nitrogens is 1. The molecule has 0 atom stereocenters. The van der Waals surface area contributed by atoms with E-state index in [2.05, 4.69) is 62.7 Å². The van der Waals surface area contributed by atoms with Crippen molar-refractivity contribution in [2.75, 3.05) is 43.1 Å². The predicted molar refractivity (Wildman–Crippen MR) is 160 cm³/mol. The van der Waals surface area contributed by atoms with Gasteiger partial charge in [0.25, 0.3) is 0 Å². The number of morpholine rings is 1. The number of hydrogen-bond donors (Lipinski definition) is 2. The molecule has 216 valence electrons. The number of aromatic nitrogens is 6. The molecule has 3 aromatic heterocycles. The van der Waals surface area contributed by atoms with E-state index >= 15 is 0 Å². The number of ether oxygens (including phenoxy) is 2. The van der Waals surface area contributed by atoms with Crippen LogP contribution in [-0.2, 0) is 22.6 Å². The molecule has 0 unspecified atom stereocenters. The van der Waals surface area contributed by atoms with Gasteiger partial charge >= 0.3 is 5.97 Å². The number of benzene rings is 1. The zero-order valence-electron chi connectivity index (χ0n) is 24.2. The number of imidazole rings is 2. The minimum atomic E-state index is -0.386. The third kappa shape index (κ3) is 6.74. The molecule has 4 aromatic rings. The second-order valence-electron chi connectivity index (χ2n) is 10.4. The van der Waals surface area contributed by atoms with Crippen molar-refractivity contribution in [1.29, 1.82) is 0 Å². The summed E-state index contributed by atoms with van der Waals surface area (Å²) in [6, 6.07) is 5.44. The van der Waals surface area contributed by atoms with Gasteiger partial charge < -0.3 is 29.2 Å². The Labute approximate surface area is 239 Å². The van der Waals surface area contributed by atoms with Gasteiger partial charge in [-0.25, -0.2) is 14.8 Å². The number of rotatable bonds is 11. The van der Waals surface area contributed by atoms with Gasteiger partial charge in [0, 0.05) is 19.6 Å². The van der Waals surface area contributed by atoms with Crippen molar-refractivity contribution in [2.24, 2.45) is 0 Å². The van der Waals surface area contributed by atoms with Gasteiger partial charge in [-0.05, 0) is 52.7 Å².